The van der Waals surface area contributed by atoms with Gasteiger partial charge >= 0.3 is 11.7 Å². The second-order valence-electron chi connectivity index (χ2n) is 2.19. The van der Waals surface area contributed by atoms with Gasteiger partial charge in [0.25, 0.3) is 0 Å². The Morgan fingerprint density at radius 3 is 2.69 bits per heavy atom. The van der Waals surface area contributed by atoms with E-state index in [-0.39, 0.29) is 11.4 Å². The Bertz CT molecular complexity index is 376. The number of nitrogens with two attached hydrogens (primary N) is 1. The van der Waals surface area contributed by atoms with Crippen molar-refractivity contribution in [1.29, 1.82) is 0 Å². The molecule has 1 heterocycles. The normalized spacial score (nSPS) is 9.54. The van der Waals surface area contributed by atoms with Crippen molar-refractivity contribution in [2.75, 3.05) is 5.73 Å². The van der Waals surface area contributed by atoms with Crippen LogP contribution in [-0.2, 0) is 0 Å². The summed E-state index contributed by atoms with van der Waals surface area (Å²) in [5.41, 5.74) is 4.29. The molecule has 7 nitrogen and oxygen atoms in total. The molecule has 0 aliphatic carbocycles. The van der Waals surface area contributed by atoms with E-state index in [9.17, 15) is 14.9 Å². The summed E-state index contributed by atoms with van der Waals surface area (Å²) in [6.45, 7) is 0. The van der Waals surface area contributed by atoms with E-state index in [1.54, 1.807) is 0 Å². The number of carbonyl (C=O) groups is 1. The molecule has 68 valence electrons. The van der Waals surface area contributed by atoms with Gasteiger partial charge in [0.2, 0.25) is 0 Å². The van der Waals surface area contributed by atoms with Crippen molar-refractivity contribution < 1.29 is 14.8 Å². The molecule has 0 saturated heterocycles. The lowest BCUT2D eigenvalue weighted by atomic mass is 10.3. The number of carboxylic acids is 1. The fourth-order valence-corrected chi connectivity index (χ4v) is 0.733. The molecule has 0 aliphatic rings. The van der Waals surface area contributed by atoms with E-state index < -0.39 is 16.6 Å². The molecule has 0 spiro atoms. The molecule has 0 radical (unpaired) electrons. The maximum Gasteiger partial charge on any atom is 0.354 e. The largest absolute Gasteiger partial charge is 0.477 e. The van der Waals surface area contributed by atoms with Gasteiger partial charge in [-0.15, -0.1) is 0 Å². The first-order valence-corrected chi connectivity index (χ1v) is 3.15. The smallest absolute Gasteiger partial charge is 0.354 e. The van der Waals surface area contributed by atoms with E-state index in [1.165, 1.54) is 0 Å². The van der Waals surface area contributed by atoms with Crippen molar-refractivity contribution in [3.63, 3.8) is 0 Å². The van der Waals surface area contributed by atoms with E-state index in [1.807, 2.05) is 0 Å². The molecule has 0 aromatic carbocycles. The third-order valence-electron chi connectivity index (χ3n) is 1.33. The van der Waals surface area contributed by atoms with Crippen molar-refractivity contribution in [3.8, 4) is 0 Å². The first kappa shape index (κ1) is 8.91. The first-order valence-electron chi connectivity index (χ1n) is 3.15. The minimum Gasteiger partial charge on any atom is -0.477 e. The van der Waals surface area contributed by atoms with Crippen LogP contribution in [0.15, 0.2) is 12.3 Å². The summed E-state index contributed by atoms with van der Waals surface area (Å²) in [7, 11) is 0. The van der Waals surface area contributed by atoms with Gasteiger partial charge < -0.3 is 10.8 Å². The summed E-state index contributed by atoms with van der Waals surface area (Å²) < 4.78 is 0. The lowest BCUT2D eigenvalue weighted by Crippen LogP contribution is -2.03. The minimum absolute atomic E-state index is 0.211. The van der Waals surface area contributed by atoms with Gasteiger partial charge in [-0.05, 0) is 0 Å². The Labute approximate surface area is 72.0 Å². The molecule has 3 N–H and O–H groups in total. The number of nitrogen functional groups attached to an aromatic ring is 1. The average Bonchev–Trinajstić information content (AvgIpc) is 2.03. The van der Waals surface area contributed by atoms with Gasteiger partial charge in [0.1, 0.15) is 11.9 Å². The zero-order valence-corrected chi connectivity index (χ0v) is 6.30. The topological polar surface area (TPSA) is 119 Å². The summed E-state index contributed by atoms with van der Waals surface area (Å²) >= 11 is 0. The monoisotopic (exact) mass is 183 g/mol. The predicted molar refractivity (Wildman–Crippen MR) is 42.3 cm³/mol. The van der Waals surface area contributed by atoms with Crippen LogP contribution in [0.3, 0.4) is 0 Å². The standard InChI is InChI=1S/C6H5N3O4/c7-3-1-4(6(10)11)8-2-5(3)9(12)13/h1-2H,(H2,7,8)(H,10,11). The second-order valence-corrected chi connectivity index (χ2v) is 2.19. The van der Waals surface area contributed by atoms with Gasteiger partial charge in [0.15, 0.2) is 5.69 Å². The fourth-order valence-electron chi connectivity index (χ4n) is 0.733. The SMILES string of the molecule is Nc1cc(C(=O)O)ncc1[N+](=O)[O-]. The van der Waals surface area contributed by atoms with Gasteiger partial charge in [-0.3, -0.25) is 10.1 Å². The number of nitro groups is 1. The van der Waals surface area contributed by atoms with Crippen LogP contribution in [0.1, 0.15) is 10.5 Å². The highest BCUT2D eigenvalue weighted by Crippen LogP contribution is 2.19. The number of hydrogen-bond acceptors (Lipinski definition) is 5. The molecule has 0 bridgehead atoms. The van der Waals surface area contributed by atoms with Crippen molar-refractivity contribution >= 4 is 17.3 Å². The molecule has 0 unspecified atom stereocenters. The van der Waals surface area contributed by atoms with Crippen molar-refractivity contribution in [1.82, 2.24) is 4.98 Å². The second kappa shape index (κ2) is 3.05. The molecule has 0 atom stereocenters. The van der Waals surface area contributed by atoms with E-state index in [2.05, 4.69) is 4.98 Å². The molecule has 1 aromatic heterocycles. The van der Waals surface area contributed by atoms with E-state index in [0.29, 0.717) is 0 Å². The Balaban J connectivity index is 3.20. The van der Waals surface area contributed by atoms with Crippen LogP contribution in [-0.4, -0.2) is 21.0 Å². The van der Waals surface area contributed by atoms with Crippen LogP contribution in [0.2, 0.25) is 0 Å². The molecule has 13 heavy (non-hydrogen) atoms. The average molecular weight is 183 g/mol. The van der Waals surface area contributed by atoms with Crippen molar-refractivity contribution in [3.05, 3.63) is 28.1 Å². The lowest BCUT2D eigenvalue weighted by molar-refractivity contribution is -0.384. The first-order chi connectivity index (χ1) is 6.02. The highest BCUT2D eigenvalue weighted by atomic mass is 16.6. The number of pyridine rings is 1. The predicted octanol–water partition coefficient (Wildman–Crippen LogP) is 0.270. The number of aromatic nitrogens is 1. The van der Waals surface area contributed by atoms with Gasteiger partial charge in [0.05, 0.1) is 4.92 Å². The summed E-state index contributed by atoms with van der Waals surface area (Å²) in [6.07, 6.45) is 0.818. The summed E-state index contributed by atoms with van der Waals surface area (Å²) in [4.78, 5) is 23.2. The number of rotatable bonds is 2. The lowest BCUT2D eigenvalue weighted by Gasteiger charge is -1.97. The fraction of sp³-hybridized carbons (Fsp3) is 0. The van der Waals surface area contributed by atoms with Gasteiger partial charge in [0, 0.05) is 6.07 Å². The summed E-state index contributed by atoms with van der Waals surface area (Å²) in [5, 5.41) is 18.7. The van der Waals surface area contributed by atoms with Gasteiger partial charge in [-0.2, -0.15) is 0 Å². The van der Waals surface area contributed by atoms with Gasteiger partial charge in [-0.25, -0.2) is 9.78 Å². The number of carboxylic acid groups (broad SMARTS) is 1. The number of anilines is 1. The van der Waals surface area contributed by atoms with Crippen molar-refractivity contribution in [2.24, 2.45) is 0 Å². The summed E-state index contributed by atoms with van der Waals surface area (Å²) in [6, 6.07) is 0.945. The highest BCUT2D eigenvalue weighted by molar-refractivity contribution is 5.87. The molecule has 0 saturated carbocycles. The van der Waals surface area contributed by atoms with Crippen LogP contribution >= 0.6 is 0 Å². The maximum atomic E-state index is 10.3. The van der Waals surface area contributed by atoms with E-state index >= 15 is 0 Å². The Morgan fingerprint density at radius 2 is 2.31 bits per heavy atom. The highest BCUT2D eigenvalue weighted by Gasteiger charge is 2.14. The third-order valence-corrected chi connectivity index (χ3v) is 1.33. The van der Waals surface area contributed by atoms with E-state index in [0.717, 1.165) is 12.3 Å². The van der Waals surface area contributed by atoms with E-state index in [4.69, 9.17) is 10.8 Å². The maximum absolute atomic E-state index is 10.3. The number of hydrogen-bond donors (Lipinski definition) is 2. The van der Waals surface area contributed by atoms with Crippen LogP contribution in [0.5, 0.6) is 0 Å². The molecule has 0 amide bonds. The number of aromatic carboxylic acids is 1. The Hall–Kier alpha value is -2.18. The van der Waals surface area contributed by atoms with Crippen LogP contribution < -0.4 is 5.73 Å². The molecular formula is C6H5N3O4. The Kier molecular flexibility index (Phi) is 2.09. The quantitative estimate of drug-likeness (QED) is 0.501. The van der Waals surface area contributed by atoms with Crippen LogP contribution in [0, 0.1) is 10.1 Å². The zero-order chi connectivity index (χ0) is 10.0. The number of nitrogens with zero attached hydrogens (tertiary/aromatic N) is 2. The molecule has 7 heteroatoms. The molecular weight excluding hydrogens is 178 g/mol. The molecule has 1 rings (SSSR count). The summed E-state index contributed by atoms with van der Waals surface area (Å²) in [5.74, 6) is -1.28. The van der Waals surface area contributed by atoms with Crippen LogP contribution in [0.25, 0.3) is 0 Å². The minimum atomic E-state index is -1.28. The zero-order valence-electron chi connectivity index (χ0n) is 6.30. The molecule has 1 aromatic rings. The molecule has 0 fully saturated rings. The third kappa shape index (κ3) is 1.70. The van der Waals surface area contributed by atoms with Crippen molar-refractivity contribution in [2.45, 2.75) is 0 Å². The van der Waals surface area contributed by atoms with Crippen LogP contribution in [0.4, 0.5) is 11.4 Å². The molecule has 0 aliphatic heterocycles. The Morgan fingerprint density at radius 1 is 1.69 bits per heavy atom. The van der Waals surface area contributed by atoms with Gasteiger partial charge in [-0.1, -0.05) is 0 Å².